The second kappa shape index (κ2) is 4.93. The molecule has 108 valence electrons. The van der Waals surface area contributed by atoms with Gasteiger partial charge >= 0.3 is 0 Å². The molecular weight excluding hydrogens is 284 g/mol. The van der Waals surface area contributed by atoms with Gasteiger partial charge in [0.05, 0.1) is 16.1 Å². The van der Waals surface area contributed by atoms with Gasteiger partial charge in [0.15, 0.2) is 0 Å². The van der Waals surface area contributed by atoms with Crippen LogP contribution < -0.4 is 5.32 Å². The van der Waals surface area contributed by atoms with Crippen LogP contribution in [0.25, 0.3) is 10.9 Å². The van der Waals surface area contributed by atoms with Crippen LogP contribution in [-0.4, -0.2) is 19.4 Å². The van der Waals surface area contributed by atoms with Crippen molar-refractivity contribution in [3.8, 4) is 0 Å². The molecule has 0 unspecified atom stereocenters. The summed E-state index contributed by atoms with van der Waals surface area (Å²) < 4.78 is 27.0. The number of nitrogens with zero attached hydrogens (tertiary/aromatic N) is 1. The molecule has 2 aromatic carbocycles. The van der Waals surface area contributed by atoms with Crippen LogP contribution in [0.5, 0.6) is 0 Å². The molecule has 0 aliphatic rings. The van der Waals surface area contributed by atoms with Gasteiger partial charge in [0.25, 0.3) is 10.0 Å². The van der Waals surface area contributed by atoms with Gasteiger partial charge in [-0.3, -0.25) is 0 Å². The molecule has 21 heavy (non-hydrogen) atoms. The summed E-state index contributed by atoms with van der Waals surface area (Å²) in [6.45, 7) is 1.93. The number of hydrogen-bond donors (Lipinski definition) is 1. The van der Waals surface area contributed by atoms with Gasteiger partial charge in [-0.2, -0.15) is 0 Å². The summed E-state index contributed by atoms with van der Waals surface area (Å²) in [7, 11) is -1.81. The van der Waals surface area contributed by atoms with Gasteiger partial charge < -0.3 is 5.32 Å². The average molecular weight is 300 g/mol. The van der Waals surface area contributed by atoms with Crippen molar-refractivity contribution < 1.29 is 8.42 Å². The summed E-state index contributed by atoms with van der Waals surface area (Å²) in [6.07, 6.45) is 1.62. The van der Waals surface area contributed by atoms with Crippen LogP contribution in [0.3, 0.4) is 0 Å². The van der Waals surface area contributed by atoms with Crippen LogP contribution in [0.15, 0.2) is 59.6 Å². The summed E-state index contributed by atoms with van der Waals surface area (Å²) in [5, 5.41) is 3.92. The highest BCUT2D eigenvalue weighted by molar-refractivity contribution is 7.90. The Morgan fingerprint density at radius 3 is 2.33 bits per heavy atom. The molecule has 3 aromatic rings. The predicted octanol–water partition coefficient (Wildman–Crippen LogP) is 3.23. The third kappa shape index (κ3) is 2.19. The van der Waals surface area contributed by atoms with Crippen LogP contribution in [0, 0.1) is 6.92 Å². The maximum atomic E-state index is 12.8. The highest BCUT2D eigenvalue weighted by Gasteiger charge is 2.20. The SMILES string of the molecule is CNc1cn(S(=O)(=O)c2ccc(C)cc2)c2ccccc12. The molecule has 0 aliphatic carbocycles. The summed E-state index contributed by atoms with van der Waals surface area (Å²) in [4.78, 5) is 0.288. The third-order valence-electron chi connectivity index (χ3n) is 3.53. The highest BCUT2D eigenvalue weighted by Crippen LogP contribution is 2.29. The molecule has 0 atom stereocenters. The predicted molar refractivity (Wildman–Crippen MR) is 85.2 cm³/mol. The van der Waals surface area contributed by atoms with Crippen molar-refractivity contribution in [2.75, 3.05) is 12.4 Å². The lowest BCUT2D eigenvalue weighted by Crippen LogP contribution is -2.11. The molecule has 0 fully saturated rings. The van der Waals surface area contributed by atoms with E-state index in [1.165, 1.54) is 3.97 Å². The van der Waals surface area contributed by atoms with Gasteiger partial charge in [-0.25, -0.2) is 12.4 Å². The van der Waals surface area contributed by atoms with Crippen molar-refractivity contribution in [3.63, 3.8) is 0 Å². The quantitative estimate of drug-likeness (QED) is 0.808. The molecule has 4 nitrogen and oxygen atoms in total. The monoisotopic (exact) mass is 300 g/mol. The number of benzene rings is 2. The maximum absolute atomic E-state index is 12.8. The van der Waals surface area contributed by atoms with Crippen molar-refractivity contribution in [1.29, 1.82) is 0 Å². The first-order valence-corrected chi connectivity index (χ1v) is 8.08. The molecule has 1 N–H and O–H groups in total. The van der Waals surface area contributed by atoms with E-state index in [0.29, 0.717) is 5.52 Å². The molecule has 0 amide bonds. The van der Waals surface area contributed by atoms with E-state index in [9.17, 15) is 8.42 Å². The van der Waals surface area contributed by atoms with E-state index in [4.69, 9.17) is 0 Å². The fourth-order valence-corrected chi connectivity index (χ4v) is 3.74. The first-order valence-electron chi connectivity index (χ1n) is 6.64. The van der Waals surface area contributed by atoms with E-state index in [0.717, 1.165) is 16.6 Å². The van der Waals surface area contributed by atoms with Gasteiger partial charge in [-0.15, -0.1) is 0 Å². The van der Waals surface area contributed by atoms with Gasteiger partial charge in [-0.05, 0) is 25.1 Å². The van der Waals surface area contributed by atoms with Gasteiger partial charge in [-0.1, -0.05) is 35.9 Å². The number of hydrogen-bond acceptors (Lipinski definition) is 3. The lowest BCUT2D eigenvalue weighted by molar-refractivity contribution is 0.589. The fourth-order valence-electron chi connectivity index (χ4n) is 2.37. The summed E-state index contributed by atoms with van der Waals surface area (Å²) in [5.41, 5.74) is 2.49. The minimum Gasteiger partial charge on any atom is -0.386 e. The minimum atomic E-state index is -3.59. The van der Waals surface area contributed by atoms with Crippen LogP contribution in [0.4, 0.5) is 5.69 Å². The fraction of sp³-hybridized carbons (Fsp3) is 0.125. The number of rotatable bonds is 3. The normalized spacial score (nSPS) is 11.7. The van der Waals surface area contributed by atoms with Crippen molar-refractivity contribution in [2.24, 2.45) is 0 Å². The third-order valence-corrected chi connectivity index (χ3v) is 5.21. The zero-order chi connectivity index (χ0) is 15.0. The largest absolute Gasteiger partial charge is 0.386 e. The van der Waals surface area contributed by atoms with E-state index < -0.39 is 10.0 Å². The standard InChI is InChI=1S/C16H16N2O2S/c1-12-7-9-13(10-8-12)21(19,20)18-11-15(17-2)14-5-3-4-6-16(14)18/h3-11,17H,1-2H3. The van der Waals surface area contributed by atoms with E-state index in [-0.39, 0.29) is 4.90 Å². The van der Waals surface area contributed by atoms with E-state index in [1.54, 1.807) is 37.5 Å². The van der Waals surface area contributed by atoms with Gasteiger partial charge in [0.1, 0.15) is 0 Å². The summed E-state index contributed by atoms with van der Waals surface area (Å²) >= 11 is 0. The van der Waals surface area contributed by atoms with Crippen LogP contribution in [-0.2, 0) is 10.0 Å². The number of anilines is 1. The zero-order valence-corrected chi connectivity index (χ0v) is 12.7. The minimum absolute atomic E-state index is 0.288. The Bertz CT molecular complexity index is 894. The Hall–Kier alpha value is -2.27. The van der Waals surface area contributed by atoms with Crippen molar-refractivity contribution >= 4 is 26.6 Å². The molecule has 5 heteroatoms. The number of fused-ring (bicyclic) bond motifs is 1. The molecule has 0 radical (unpaired) electrons. The Balaban J connectivity index is 2.26. The molecule has 0 saturated carbocycles. The van der Waals surface area contributed by atoms with Crippen LogP contribution in [0.1, 0.15) is 5.56 Å². The van der Waals surface area contributed by atoms with Gasteiger partial charge in [0, 0.05) is 18.6 Å². The number of aryl methyl sites for hydroxylation is 1. The van der Waals surface area contributed by atoms with E-state index >= 15 is 0 Å². The summed E-state index contributed by atoms with van der Waals surface area (Å²) in [5.74, 6) is 0. The Labute approximate surface area is 124 Å². The van der Waals surface area contributed by atoms with E-state index in [1.807, 2.05) is 31.2 Å². The van der Waals surface area contributed by atoms with Crippen LogP contribution in [0.2, 0.25) is 0 Å². The average Bonchev–Trinajstić information content (AvgIpc) is 2.87. The van der Waals surface area contributed by atoms with Crippen LogP contribution >= 0.6 is 0 Å². The molecule has 0 spiro atoms. The Morgan fingerprint density at radius 2 is 1.67 bits per heavy atom. The topological polar surface area (TPSA) is 51.1 Å². The number of para-hydroxylation sites is 1. The number of nitrogens with one attached hydrogen (secondary N) is 1. The maximum Gasteiger partial charge on any atom is 0.268 e. The smallest absolute Gasteiger partial charge is 0.268 e. The second-order valence-corrected chi connectivity index (χ2v) is 6.74. The molecular formula is C16H16N2O2S. The molecule has 1 heterocycles. The highest BCUT2D eigenvalue weighted by atomic mass is 32.2. The van der Waals surface area contributed by atoms with Gasteiger partial charge in [0.2, 0.25) is 0 Å². The lowest BCUT2D eigenvalue weighted by Gasteiger charge is -2.07. The molecule has 0 bridgehead atoms. The molecule has 3 rings (SSSR count). The van der Waals surface area contributed by atoms with Crippen molar-refractivity contribution in [1.82, 2.24) is 3.97 Å². The Morgan fingerprint density at radius 1 is 1.00 bits per heavy atom. The zero-order valence-electron chi connectivity index (χ0n) is 11.9. The summed E-state index contributed by atoms with van der Waals surface area (Å²) in [6, 6.07) is 14.3. The van der Waals surface area contributed by atoms with E-state index in [2.05, 4.69) is 5.32 Å². The lowest BCUT2D eigenvalue weighted by atomic mass is 10.2. The molecule has 0 saturated heterocycles. The second-order valence-electron chi connectivity index (χ2n) is 4.92. The van der Waals surface area contributed by atoms with Crippen molar-refractivity contribution in [3.05, 3.63) is 60.3 Å². The first kappa shape index (κ1) is 13.7. The molecule has 1 aromatic heterocycles. The first-order chi connectivity index (χ1) is 10.0. The molecule has 0 aliphatic heterocycles. The Kier molecular flexibility index (Phi) is 3.22. The van der Waals surface area contributed by atoms with Crippen molar-refractivity contribution in [2.45, 2.75) is 11.8 Å². The number of aromatic nitrogens is 1.